The van der Waals surface area contributed by atoms with Gasteiger partial charge >= 0.3 is 5.97 Å². The van der Waals surface area contributed by atoms with Gasteiger partial charge in [-0.15, -0.1) is 0 Å². The molecule has 2 bridgehead atoms. The van der Waals surface area contributed by atoms with E-state index >= 15 is 0 Å². The fourth-order valence-electron chi connectivity index (χ4n) is 3.18. The van der Waals surface area contributed by atoms with E-state index in [-0.39, 0.29) is 11.7 Å². The van der Waals surface area contributed by atoms with Gasteiger partial charge in [0.15, 0.2) is 0 Å². The summed E-state index contributed by atoms with van der Waals surface area (Å²) in [5.74, 6) is -0.0125. The maximum Gasteiger partial charge on any atom is 0.319 e. The van der Waals surface area contributed by atoms with Crippen LogP contribution in [0.25, 0.3) is 0 Å². The number of fused-ring (bicyclic) bond motifs is 2. The second kappa shape index (κ2) is 5.14. The highest BCUT2D eigenvalue weighted by Gasteiger charge is 2.45. The number of methoxy groups -OCH3 is 2. The van der Waals surface area contributed by atoms with Gasteiger partial charge in [0.05, 0.1) is 20.3 Å². The Morgan fingerprint density at radius 3 is 2.50 bits per heavy atom. The molecule has 0 heterocycles. The van der Waals surface area contributed by atoms with Gasteiger partial charge in [-0.25, -0.2) is 0 Å². The molecule has 0 saturated heterocycles. The number of carbonyl (C=O) groups excluding carboxylic acids is 1. The van der Waals surface area contributed by atoms with Crippen LogP contribution in [0.3, 0.4) is 0 Å². The highest BCUT2D eigenvalue weighted by molar-refractivity contribution is 5.75. The lowest BCUT2D eigenvalue weighted by atomic mass is 9.81. The third-order valence-electron chi connectivity index (χ3n) is 4.17. The van der Waals surface area contributed by atoms with Crippen LogP contribution in [0.1, 0.15) is 12.8 Å². The van der Waals surface area contributed by atoms with Crippen molar-refractivity contribution >= 4 is 5.97 Å². The van der Waals surface area contributed by atoms with Crippen LogP contribution in [0.4, 0.5) is 0 Å². The summed E-state index contributed by atoms with van der Waals surface area (Å²) in [5.41, 5.74) is 0. The minimum Gasteiger partial charge on any atom is -0.501 e. The number of carbonyl (C=O) groups is 1. The van der Waals surface area contributed by atoms with Crippen LogP contribution in [-0.4, -0.2) is 31.4 Å². The molecule has 1 saturated carbocycles. The summed E-state index contributed by atoms with van der Waals surface area (Å²) in [6.45, 7) is 3.70. The molecule has 0 unspecified atom stereocenters. The number of aliphatic hydroxyl groups excluding tert-OH is 1. The predicted octanol–water partition coefficient (Wildman–Crippen LogP) is 1.51. The summed E-state index contributed by atoms with van der Waals surface area (Å²) in [6, 6.07) is 0. The molecule has 4 nitrogen and oxygen atoms in total. The molecule has 0 aromatic carbocycles. The number of esters is 1. The zero-order valence-electron chi connectivity index (χ0n) is 10.8. The van der Waals surface area contributed by atoms with Gasteiger partial charge in [-0.3, -0.25) is 4.79 Å². The molecule has 0 radical (unpaired) electrons. The maximum atomic E-state index is 11.8. The van der Waals surface area contributed by atoms with E-state index in [2.05, 4.69) is 18.7 Å². The fraction of sp³-hybridized carbons (Fsp3) is 0.643. The minimum absolute atomic E-state index is 0.0935. The van der Waals surface area contributed by atoms with Crippen molar-refractivity contribution in [1.82, 2.24) is 0 Å². The molecule has 0 amide bonds. The molecular weight excluding hydrogens is 232 g/mol. The smallest absolute Gasteiger partial charge is 0.319 e. The van der Waals surface area contributed by atoms with E-state index in [0.717, 1.165) is 12.8 Å². The van der Waals surface area contributed by atoms with Gasteiger partial charge in [0.2, 0.25) is 0 Å². The van der Waals surface area contributed by atoms with E-state index < -0.39 is 18.0 Å². The quantitative estimate of drug-likeness (QED) is 0.458. The van der Waals surface area contributed by atoms with Crippen LogP contribution in [0, 0.1) is 23.7 Å². The lowest BCUT2D eigenvalue weighted by molar-refractivity contribution is -0.150. The van der Waals surface area contributed by atoms with Crippen LogP contribution in [0.2, 0.25) is 0 Å². The molecule has 2 aliphatic rings. The van der Waals surface area contributed by atoms with Gasteiger partial charge in [0.25, 0.3) is 0 Å². The first-order valence-electron chi connectivity index (χ1n) is 6.25. The number of aliphatic hydroxyl groups is 1. The van der Waals surface area contributed by atoms with E-state index in [0.29, 0.717) is 11.8 Å². The van der Waals surface area contributed by atoms with E-state index in [9.17, 15) is 9.90 Å². The van der Waals surface area contributed by atoms with Gasteiger partial charge in [-0.05, 0) is 30.6 Å². The number of hydrogen-bond donors (Lipinski definition) is 1. The van der Waals surface area contributed by atoms with Crippen molar-refractivity contribution in [3.05, 3.63) is 24.5 Å². The first-order chi connectivity index (χ1) is 8.58. The van der Waals surface area contributed by atoms with E-state index in [4.69, 9.17) is 9.47 Å². The Bertz CT molecular complexity index is 358. The van der Waals surface area contributed by atoms with Crippen molar-refractivity contribution in [1.29, 1.82) is 0 Å². The Hall–Kier alpha value is -1.29. The van der Waals surface area contributed by atoms with Crippen LogP contribution < -0.4 is 0 Å². The first-order valence-corrected chi connectivity index (χ1v) is 6.25. The Morgan fingerprint density at radius 2 is 2.06 bits per heavy atom. The maximum absolute atomic E-state index is 11.8. The second-order valence-corrected chi connectivity index (χ2v) is 5.11. The third-order valence-corrected chi connectivity index (χ3v) is 4.17. The monoisotopic (exact) mass is 252 g/mol. The molecule has 4 heteroatoms. The number of hydrogen-bond acceptors (Lipinski definition) is 4. The second-order valence-electron chi connectivity index (χ2n) is 5.11. The third kappa shape index (κ3) is 2.17. The zero-order chi connectivity index (χ0) is 13.3. The lowest BCUT2D eigenvalue weighted by Crippen LogP contribution is -2.38. The standard InChI is InChI=1S/C14H20O4/c1-8(17-2)12(14(16)18-3)13(15)11-7-9-4-5-10(11)6-9/h4-5,9-13,15H,1,6-7H2,2-3H3/t9-,10+,11+,12-,13-/m1/s1. The highest BCUT2D eigenvalue weighted by Crippen LogP contribution is 2.46. The van der Waals surface area contributed by atoms with Crippen molar-refractivity contribution < 1.29 is 19.4 Å². The van der Waals surface area contributed by atoms with E-state index in [1.165, 1.54) is 14.2 Å². The highest BCUT2D eigenvalue weighted by atomic mass is 16.5. The molecule has 1 N–H and O–H groups in total. The molecule has 5 atom stereocenters. The van der Waals surface area contributed by atoms with Gasteiger partial charge in [-0.1, -0.05) is 18.7 Å². The van der Waals surface area contributed by atoms with Gasteiger partial charge in [0, 0.05) is 0 Å². The summed E-state index contributed by atoms with van der Waals surface area (Å²) in [7, 11) is 2.76. The molecule has 2 rings (SSSR count). The Labute approximate surface area is 107 Å². The Balaban J connectivity index is 2.13. The van der Waals surface area contributed by atoms with Crippen LogP contribution in [0.5, 0.6) is 0 Å². The van der Waals surface area contributed by atoms with Gasteiger partial charge in [0.1, 0.15) is 11.7 Å². The van der Waals surface area contributed by atoms with Crippen molar-refractivity contribution in [2.45, 2.75) is 18.9 Å². The molecule has 1 fully saturated rings. The molecular formula is C14H20O4. The summed E-state index contributed by atoms with van der Waals surface area (Å²) in [6.07, 6.45) is 5.56. The summed E-state index contributed by atoms with van der Waals surface area (Å²) in [5, 5.41) is 10.5. The summed E-state index contributed by atoms with van der Waals surface area (Å²) < 4.78 is 9.76. The molecule has 2 aliphatic carbocycles. The van der Waals surface area contributed by atoms with Crippen LogP contribution in [0.15, 0.2) is 24.5 Å². The molecule has 0 aromatic heterocycles. The van der Waals surface area contributed by atoms with Crippen LogP contribution >= 0.6 is 0 Å². The molecule has 18 heavy (non-hydrogen) atoms. The zero-order valence-corrected chi connectivity index (χ0v) is 10.8. The average Bonchev–Trinajstić information content (AvgIpc) is 3.00. The number of allylic oxidation sites excluding steroid dienone is 2. The molecule has 0 spiro atoms. The Morgan fingerprint density at radius 1 is 1.33 bits per heavy atom. The van der Waals surface area contributed by atoms with Crippen molar-refractivity contribution in [2.75, 3.05) is 14.2 Å². The normalized spacial score (nSPS) is 32.1. The lowest BCUT2D eigenvalue weighted by Gasteiger charge is -2.29. The van der Waals surface area contributed by atoms with Crippen molar-refractivity contribution in [2.24, 2.45) is 23.7 Å². The predicted molar refractivity (Wildman–Crippen MR) is 66.5 cm³/mol. The molecule has 100 valence electrons. The van der Waals surface area contributed by atoms with Crippen LogP contribution in [-0.2, 0) is 14.3 Å². The minimum atomic E-state index is -0.794. The number of ether oxygens (including phenoxy) is 2. The SMILES string of the molecule is C=C(OC)[C@@H](C(=O)OC)[C@H](O)[C@H]1C[C@@H]2C=C[C@H]1C2. The fourth-order valence-corrected chi connectivity index (χ4v) is 3.18. The first kappa shape index (κ1) is 13.1. The van der Waals surface area contributed by atoms with Crippen molar-refractivity contribution in [3.8, 4) is 0 Å². The average molecular weight is 252 g/mol. The van der Waals surface area contributed by atoms with E-state index in [1.54, 1.807) is 0 Å². The summed E-state index contributed by atoms with van der Waals surface area (Å²) >= 11 is 0. The summed E-state index contributed by atoms with van der Waals surface area (Å²) in [4.78, 5) is 11.8. The number of rotatable bonds is 5. The topological polar surface area (TPSA) is 55.8 Å². The van der Waals surface area contributed by atoms with Crippen molar-refractivity contribution in [3.63, 3.8) is 0 Å². The largest absolute Gasteiger partial charge is 0.501 e. The Kier molecular flexibility index (Phi) is 3.76. The molecule has 0 aliphatic heterocycles. The van der Waals surface area contributed by atoms with E-state index in [1.807, 2.05) is 0 Å². The molecule has 0 aromatic rings. The van der Waals surface area contributed by atoms with Gasteiger partial charge in [-0.2, -0.15) is 0 Å². The van der Waals surface area contributed by atoms with Gasteiger partial charge < -0.3 is 14.6 Å².